The highest BCUT2D eigenvalue weighted by Crippen LogP contribution is 2.44. The Labute approximate surface area is 123 Å². The van der Waals surface area contributed by atoms with Crippen LogP contribution in [0.5, 0.6) is 5.88 Å². The summed E-state index contributed by atoms with van der Waals surface area (Å²) >= 11 is 0. The summed E-state index contributed by atoms with van der Waals surface area (Å²) in [6.07, 6.45) is 5.87. The molecule has 0 bridgehead atoms. The second-order valence-electron chi connectivity index (χ2n) is 5.93. The first-order valence-electron chi connectivity index (χ1n) is 7.65. The van der Waals surface area contributed by atoms with Crippen molar-refractivity contribution >= 4 is 0 Å². The Hall–Kier alpha value is -1.30. The highest BCUT2D eigenvalue weighted by atomic mass is 19.3. The first-order chi connectivity index (χ1) is 10.2. The highest BCUT2D eigenvalue weighted by Gasteiger charge is 2.47. The quantitative estimate of drug-likeness (QED) is 0.836. The van der Waals surface area contributed by atoms with Gasteiger partial charge in [0.25, 0.3) is 6.43 Å². The Morgan fingerprint density at radius 1 is 1.38 bits per heavy atom. The first-order valence-corrected chi connectivity index (χ1v) is 7.65. The zero-order chi connectivity index (χ0) is 14.9. The number of ether oxygens (including phenoxy) is 1. The summed E-state index contributed by atoms with van der Waals surface area (Å²) in [6, 6.07) is 0.306. The molecule has 2 atom stereocenters. The van der Waals surface area contributed by atoms with Gasteiger partial charge >= 0.3 is 0 Å². The average molecular weight is 297 g/mol. The molecule has 2 aliphatic heterocycles. The van der Waals surface area contributed by atoms with Crippen LogP contribution in [0.3, 0.4) is 0 Å². The van der Waals surface area contributed by atoms with E-state index in [1.807, 2.05) is 0 Å². The van der Waals surface area contributed by atoms with Gasteiger partial charge in [-0.15, -0.1) is 0 Å². The van der Waals surface area contributed by atoms with E-state index in [1.54, 1.807) is 0 Å². The molecule has 0 N–H and O–H groups in total. The van der Waals surface area contributed by atoms with Crippen LogP contribution in [0.4, 0.5) is 8.78 Å². The zero-order valence-electron chi connectivity index (χ0n) is 12.3. The van der Waals surface area contributed by atoms with E-state index in [2.05, 4.69) is 21.8 Å². The molecule has 3 heterocycles. The minimum atomic E-state index is -2.65. The Bertz CT molecular complexity index is 500. The SMILES string of the molecule is CC[C@@]12CCCN1[C@H](COc1nccnc1C(F)F)CC2. The fourth-order valence-electron chi connectivity index (χ4n) is 3.89. The van der Waals surface area contributed by atoms with Crippen LogP contribution in [-0.2, 0) is 0 Å². The van der Waals surface area contributed by atoms with Crippen LogP contribution < -0.4 is 4.74 Å². The van der Waals surface area contributed by atoms with Crippen LogP contribution in [-0.4, -0.2) is 39.6 Å². The molecule has 1 aromatic rings. The molecule has 6 heteroatoms. The minimum absolute atomic E-state index is 0.0271. The summed E-state index contributed by atoms with van der Waals surface area (Å²) < 4.78 is 31.3. The molecule has 2 fully saturated rings. The number of hydrogen-bond acceptors (Lipinski definition) is 4. The Morgan fingerprint density at radius 2 is 2.19 bits per heavy atom. The lowest BCUT2D eigenvalue weighted by Gasteiger charge is -2.34. The maximum absolute atomic E-state index is 12.9. The lowest BCUT2D eigenvalue weighted by Crippen LogP contribution is -2.43. The predicted molar refractivity (Wildman–Crippen MR) is 74.5 cm³/mol. The van der Waals surface area contributed by atoms with E-state index in [9.17, 15) is 8.78 Å². The minimum Gasteiger partial charge on any atom is -0.475 e. The molecule has 0 unspecified atom stereocenters. The molecule has 0 radical (unpaired) electrons. The molecule has 0 aromatic carbocycles. The smallest absolute Gasteiger partial charge is 0.285 e. The Kier molecular flexibility index (Phi) is 4.06. The molecular weight excluding hydrogens is 276 g/mol. The number of alkyl halides is 2. The summed E-state index contributed by atoms with van der Waals surface area (Å²) in [5, 5.41) is 0. The summed E-state index contributed by atoms with van der Waals surface area (Å²) in [5.74, 6) is -0.0271. The van der Waals surface area contributed by atoms with E-state index < -0.39 is 6.43 Å². The van der Waals surface area contributed by atoms with Crippen molar-refractivity contribution in [1.29, 1.82) is 0 Å². The van der Waals surface area contributed by atoms with Gasteiger partial charge in [-0.25, -0.2) is 18.7 Å². The van der Waals surface area contributed by atoms with Gasteiger partial charge in [-0.05, 0) is 38.6 Å². The molecule has 2 saturated heterocycles. The van der Waals surface area contributed by atoms with E-state index in [4.69, 9.17) is 4.74 Å². The highest BCUT2D eigenvalue weighted by molar-refractivity contribution is 5.18. The largest absolute Gasteiger partial charge is 0.475 e. The summed E-state index contributed by atoms with van der Waals surface area (Å²) in [6.45, 7) is 3.74. The standard InChI is InChI=1S/C15H21F2N3O/c1-2-15-5-3-9-20(15)11(4-6-15)10-21-14-12(13(16)17)18-7-8-19-14/h7-8,11,13H,2-6,9-10H2,1H3/t11-,15-/m0/s1. The second kappa shape index (κ2) is 5.83. The van der Waals surface area contributed by atoms with Gasteiger partial charge in [-0.3, -0.25) is 4.90 Å². The molecule has 0 amide bonds. The van der Waals surface area contributed by atoms with Crippen molar-refractivity contribution in [3.05, 3.63) is 18.1 Å². The number of hydrogen-bond donors (Lipinski definition) is 0. The molecule has 1 aromatic heterocycles. The molecule has 0 saturated carbocycles. The van der Waals surface area contributed by atoms with E-state index >= 15 is 0 Å². The normalized spacial score (nSPS) is 29.0. The third-order valence-corrected chi connectivity index (χ3v) is 5.00. The van der Waals surface area contributed by atoms with Crippen molar-refractivity contribution in [2.24, 2.45) is 0 Å². The van der Waals surface area contributed by atoms with Gasteiger partial charge < -0.3 is 4.74 Å². The van der Waals surface area contributed by atoms with Crippen molar-refractivity contribution < 1.29 is 13.5 Å². The number of nitrogens with zero attached hydrogens (tertiary/aromatic N) is 3. The summed E-state index contributed by atoms with van der Waals surface area (Å²) in [7, 11) is 0. The lowest BCUT2D eigenvalue weighted by molar-refractivity contribution is 0.102. The molecule has 3 rings (SSSR count). The van der Waals surface area contributed by atoms with Gasteiger partial charge in [-0.1, -0.05) is 6.92 Å². The molecule has 116 valence electrons. The monoisotopic (exact) mass is 297 g/mol. The molecule has 4 nitrogen and oxygen atoms in total. The maximum atomic E-state index is 12.9. The van der Waals surface area contributed by atoms with Crippen LogP contribution in [0.25, 0.3) is 0 Å². The average Bonchev–Trinajstić information content (AvgIpc) is 3.05. The second-order valence-corrected chi connectivity index (χ2v) is 5.93. The van der Waals surface area contributed by atoms with E-state index in [1.165, 1.54) is 31.7 Å². The Morgan fingerprint density at radius 3 is 2.95 bits per heavy atom. The van der Waals surface area contributed by atoms with Gasteiger partial charge in [-0.2, -0.15) is 0 Å². The van der Waals surface area contributed by atoms with Crippen molar-refractivity contribution in [3.63, 3.8) is 0 Å². The van der Waals surface area contributed by atoms with E-state index in [0.29, 0.717) is 18.2 Å². The van der Waals surface area contributed by atoms with E-state index in [0.717, 1.165) is 19.4 Å². The van der Waals surface area contributed by atoms with Crippen LogP contribution in [0.15, 0.2) is 12.4 Å². The fourth-order valence-corrected chi connectivity index (χ4v) is 3.89. The van der Waals surface area contributed by atoms with Crippen molar-refractivity contribution in [3.8, 4) is 5.88 Å². The first kappa shape index (κ1) is 14.6. The van der Waals surface area contributed by atoms with E-state index in [-0.39, 0.29) is 11.6 Å². The van der Waals surface area contributed by atoms with Crippen LogP contribution in [0.1, 0.15) is 51.1 Å². The van der Waals surface area contributed by atoms with Gasteiger partial charge in [0.05, 0.1) is 0 Å². The van der Waals surface area contributed by atoms with Crippen LogP contribution in [0.2, 0.25) is 0 Å². The van der Waals surface area contributed by atoms with Crippen LogP contribution in [0, 0.1) is 0 Å². The number of fused-ring (bicyclic) bond motifs is 1. The molecule has 2 aliphatic rings. The predicted octanol–water partition coefficient (Wildman–Crippen LogP) is 3.20. The van der Waals surface area contributed by atoms with Crippen molar-refractivity contribution in [1.82, 2.24) is 14.9 Å². The lowest BCUT2D eigenvalue weighted by atomic mass is 9.91. The van der Waals surface area contributed by atoms with Gasteiger partial charge in [0.15, 0.2) is 5.69 Å². The molecule has 21 heavy (non-hydrogen) atoms. The third kappa shape index (κ3) is 2.61. The topological polar surface area (TPSA) is 38.2 Å². The molecule has 0 spiro atoms. The maximum Gasteiger partial charge on any atom is 0.285 e. The number of rotatable bonds is 5. The summed E-state index contributed by atoms with van der Waals surface area (Å²) in [4.78, 5) is 10.1. The molecule has 0 aliphatic carbocycles. The molecular formula is C15H21F2N3O. The Balaban J connectivity index is 1.66. The third-order valence-electron chi connectivity index (χ3n) is 5.00. The van der Waals surface area contributed by atoms with Crippen LogP contribution >= 0.6 is 0 Å². The van der Waals surface area contributed by atoms with Gasteiger partial charge in [0, 0.05) is 24.0 Å². The zero-order valence-corrected chi connectivity index (χ0v) is 12.3. The van der Waals surface area contributed by atoms with Crippen molar-refractivity contribution in [2.45, 2.75) is 57.0 Å². The fraction of sp³-hybridized carbons (Fsp3) is 0.733. The van der Waals surface area contributed by atoms with Gasteiger partial charge in [0.2, 0.25) is 5.88 Å². The summed E-state index contributed by atoms with van der Waals surface area (Å²) in [5.41, 5.74) is -0.0410. The van der Waals surface area contributed by atoms with Crippen molar-refractivity contribution in [2.75, 3.05) is 13.2 Å². The number of halogens is 2. The van der Waals surface area contributed by atoms with Gasteiger partial charge in [0.1, 0.15) is 6.61 Å². The number of aromatic nitrogens is 2.